The summed E-state index contributed by atoms with van der Waals surface area (Å²) < 4.78 is 31.7. The van der Waals surface area contributed by atoms with Crippen LogP contribution in [-0.2, 0) is 4.74 Å². The number of hydrogen-bond acceptors (Lipinski definition) is 3. The van der Waals surface area contributed by atoms with Crippen molar-refractivity contribution in [1.29, 1.82) is 0 Å². The second-order valence-electron chi connectivity index (χ2n) is 5.17. The molecule has 0 aromatic heterocycles. The minimum atomic E-state index is -2.52. The molecule has 1 saturated carbocycles. The molecule has 0 spiro atoms. The smallest absolute Gasteiger partial charge is 0.258 e. The number of hydrogen-bond donors (Lipinski definition) is 0. The fraction of sp³-hybridized carbons (Fsp3) is 1.00. The minimum absolute atomic E-state index is 0.0137. The van der Waals surface area contributed by atoms with Crippen LogP contribution in [0.1, 0.15) is 6.42 Å². The molecule has 1 atom stereocenters. The van der Waals surface area contributed by atoms with Crippen molar-refractivity contribution in [2.45, 2.75) is 12.3 Å². The molecular formula is C11H20F2N2O. The van der Waals surface area contributed by atoms with Gasteiger partial charge < -0.3 is 9.64 Å². The second kappa shape index (κ2) is 4.20. The van der Waals surface area contributed by atoms with Gasteiger partial charge in [-0.2, -0.15) is 0 Å². The third-order valence-corrected chi connectivity index (χ3v) is 3.75. The summed E-state index contributed by atoms with van der Waals surface area (Å²) in [5, 5.41) is 0. The first-order chi connectivity index (χ1) is 7.49. The Hall–Kier alpha value is -0.260. The van der Waals surface area contributed by atoms with Crippen LogP contribution in [0.3, 0.4) is 0 Å². The van der Waals surface area contributed by atoms with E-state index in [1.165, 1.54) is 7.11 Å². The van der Waals surface area contributed by atoms with E-state index >= 15 is 0 Å². The van der Waals surface area contributed by atoms with Gasteiger partial charge in [-0.25, -0.2) is 8.78 Å². The zero-order valence-corrected chi connectivity index (χ0v) is 10.0. The van der Waals surface area contributed by atoms with Crippen LogP contribution >= 0.6 is 0 Å². The Morgan fingerprint density at radius 2 is 1.75 bits per heavy atom. The third-order valence-electron chi connectivity index (χ3n) is 3.75. The molecule has 1 aliphatic carbocycles. The fourth-order valence-corrected chi connectivity index (χ4v) is 2.46. The van der Waals surface area contributed by atoms with E-state index in [1.54, 1.807) is 0 Å². The normalized spacial score (nSPS) is 35.2. The molecule has 16 heavy (non-hydrogen) atoms. The lowest BCUT2D eigenvalue weighted by Crippen LogP contribution is -2.47. The van der Waals surface area contributed by atoms with Crippen molar-refractivity contribution in [2.24, 2.45) is 5.41 Å². The molecule has 94 valence electrons. The maximum absolute atomic E-state index is 13.4. The summed E-state index contributed by atoms with van der Waals surface area (Å²) in [4.78, 5) is 4.37. The lowest BCUT2D eigenvalue weighted by Gasteiger charge is -2.34. The standard InChI is InChI=1S/C11H20F2N2O/c1-14-3-5-15(6-4-14)8-10(9-16-2)7-11(10,12)13/h3-9H2,1-2H3. The Bertz CT molecular complexity index is 254. The predicted molar refractivity (Wildman–Crippen MR) is 57.8 cm³/mol. The number of rotatable bonds is 4. The highest BCUT2D eigenvalue weighted by Gasteiger charge is 2.71. The quantitative estimate of drug-likeness (QED) is 0.719. The van der Waals surface area contributed by atoms with E-state index in [9.17, 15) is 8.78 Å². The molecule has 1 saturated heterocycles. The van der Waals surface area contributed by atoms with Gasteiger partial charge in [0, 0.05) is 46.3 Å². The predicted octanol–water partition coefficient (Wildman–Crippen LogP) is 0.906. The van der Waals surface area contributed by atoms with Gasteiger partial charge in [-0.05, 0) is 7.05 Å². The highest BCUT2D eigenvalue weighted by Crippen LogP contribution is 2.60. The molecule has 0 radical (unpaired) electrons. The number of nitrogens with zero attached hydrogens (tertiary/aromatic N) is 2. The van der Waals surface area contributed by atoms with Crippen LogP contribution < -0.4 is 0 Å². The van der Waals surface area contributed by atoms with Gasteiger partial charge in [-0.3, -0.25) is 4.90 Å². The first-order valence-corrected chi connectivity index (χ1v) is 5.77. The van der Waals surface area contributed by atoms with Crippen molar-refractivity contribution in [3.63, 3.8) is 0 Å². The molecule has 0 bridgehead atoms. The van der Waals surface area contributed by atoms with E-state index in [0.717, 1.165) is 26.2 Å². The Balaban J connectivity index is 1.88. The Labute approximate surface area is 95.3 Å². The average Bonchev–Trinajstić information content (AvgIpc) is 2.72. The summed E-state index contributed by atoms with van der Waals surface area (Å²) in [6, 6.07) is 0. The Morgan fingerprint density at radius 1 is 1.19 bits per heavy atom. The number of halogens is 2. The zero-order valence-electron chi connectivity index (χ0n) is 10.0. The topological polar surface area (TPSA) is 15.7 Å². The van der Waals surface area contributed by atoms with Crippen LogP contribution in [0, 0.1) is 5.41 Å². The van der Waals surface area contributed by atoms with Crippen molar-refractivity contribution in [1.82, 2.24) is 9.80 Å². The summed E-state index contributed by atoms with van der Waals surface area (Å²) in [5.74, 6) is -2.52. The van der Waals surface area contributed by atoms with Gasteiger partial charge in [0.25, 0.3) is 5.92 Å². The van der Waals surface area contributed by atoms with Crippen molar-refractivity contribution in [2.75, 3.05) is 53.5 Å². The fourth-order valence-electron chi connectivity index (χ4n) is 2.46. The van der Waals surface area contributed by atoms with Crippen molar-refractivity contribution >= 4 is 0 Å². The summed E-state index contributed by atoms with van der Waals surface area (Å²) in [6.45, 7) is 4.35. The molecule has 0 aromatic rings. The average molecular weight is 234 g/mol. The number of methoxy groups -OCH3 is 1. The first-order valence-electron chi connectivity index (χ1n) is 5.77. The lowest BCUT2D eigenvalue weighted by atomic mass is 10.1. The molecule has 3 nitrogen and oxygen atoms in total. The van der Waals surface area contributed by atoms with Crippen LogP contribution in [-0.4, -0.2) is 69.2 Å². The summed E-state index contributed by atoms with van der Waals surface area (Å²) in [7, 11) is 3.56. The molecule has 1 unspecified atom stereocenters. The summed E-state index contributed by atoms with van der Waals surface area (Å²) in [5.41, 5.74) is -0.905. The minimum Gasteiger partial charge on any atom is -0.384 e. The molecule has 0 aromatic carbocycles. The Kier molecular flexibility index (Phi) is 3.20. The highest BCUT2D eigenvalue weighted by molar-refractivity contribution is 5.11. The van der Waals surface area contributed by atoms with E-state index in [4.69, 9.17) is 4.74 Å². The summed E-state index contributed by atoms with van der Waals surface area (Å²) in [6.07, 6.45) is -0.0137. The maximum atomic E-state index is 13.4. The van der Waals surface area contributed by atoms with E-state index in [-0.39, 0.29) is 13.0 Å². The molecule has 0 amide bonds. The SMILES string of the molecule is COCC1(CN2CCN(C)CC2)CC1(F)F. The molecule has 1 aliphatic heterocycles. The molecule has 0 N–H and O–H groups in total. The highest BCUT2D eigenvalue weighted by atomic mass is 19.3. The van der Waals surface area contributed by atoms with Crippen LogP contribution in [0.4, 0.5) is 8.78 Å². The Morgan fingerprint density at radius 3 is 2.19 bits per heavy atom. The van der Waals surface area contributed by atoms with Crippen LogP contribution in [0.5, 0.6) is 0 Å². The largest absolute Gasteiger partial charge is 0.384 e. The van der Waals surface area contributed by atoms with Crippen molar-refractivity contribution < 1.29 is 13.5 Å². The number of piperazine rings is 1. The van der Waals surface area contributed by atoms with Crippen molar-refractivity contribution in [3.05, 3.63) is 0 Å². The van der Waals surface area contributed by atoms with Gasteiger partial charge in [0.15, 0.2) is 0 Å². The second-order valence-corrected chi connectivity index (χ2v) is 5.17. The van der Waals surface area contributed by atoms with Crippen LogP contribution in [0.15, 0.2) is 0 Å². The van der Waals surface area contributed by atoms with E-state index in [0.29, 0.717) is 6.54 Å². The van der Waals surface area contributed by atoms with Gasteiger partial charge in [0.1, 0.15) is 0 Å². The maximum Gasteiger partial charge on any atom is 0.258 e. The number of likely N-dealkylation sites (N-methyl/N-ethyl adjacent to an activating group) is 1. The molecule has 1 heterocycles. The van der Waals surface area contributed by atoms with Crippen molar-refractivity contribution in [3.8, 4) is 0 Å². The van der Waals surface area contributed by atoms with Crippen LogP contribution in [0.25, 0.3) is 0 Å². The molecule has 2 aliphatic rings. The van der Waals surface area contributed by atoms with Gasteiger partial charge >= 0.3 is 0 Å². The monoisotopic (exact) mass is 234 g/mol. The lowest BCUT2D eigenvalue weighted by molar-refractivity contribution is -0.000454. The third kappa shape index (κ3) is 2.21. The number of alkyl halides is 2. The molecule has 2 fully saturated rings. The molecule has 2 rings (SSSR count). The summed E-state index contributed by atoms with van der Waals surface area (Å²) >= 11 is 0. The van der Waals surface area contributed by atoms with Gasteiger partial charge in [-0.15, -0.1) is 0 Å². The zero-order chi connectivity index (χ0) is 11.8. The first kappa shape index (κ1) is 12.2. The number of ether oxygens (including phenoxy) is 1. The van der Waals surface area contributed by atoms with Gasteiger partial charge in [-0.1, -0.05) is 0 Å². The molecular weight excluding hydrogens is 214 g/mol. The van der Waals surface area contributed by atoms with E-state index in [2.05, 4.69) is 16.8 Å². The van der Waals surface area contributed by atoms with Gasteiger partial charge in [0.2, 0.25) is 0 Å². The van der Waals surface area contributed by atoms with E-state index < -0.39 is 11.3 Å². The van der Waals surface area contributed by atoms with Gasteiger partial charge in [0.05, 0.1) is 12.0 Å². The van der Waals surface area contributed by atoms with E-state index in [1.807, 2.05) is 0 Å². The molecule has 5 heteroatoms. The van der Waals surface area contributed by atoms with Crippen LogP contribution in [0.2, 0.25) is 0 Å².